The summed E-state index contributed by atoms with van der Waals surface area (Å²) in [5.74, 6) is 1.53. The molecule has 1 nitrogen and oxygen atoms in total. The van der Waals surface area contributed by atoms with Crippen LogP contribution in [0.15, 0.2) is 0 Å². The quantitative estimate of drug-likeness (QED) is 0.498. The first-order chi connectivity index (χ1) is 3.87. The summed E-state index contributed by atoms with van der Waals surface area (Å²) in [6.07, 6.45) is 4.79. The van der Waals surface area contributed by atoms with E-state index in [2.05, 4.69) is 6.07 Å². The van der Waals surface area contributed by atoms with Crippen LogP contribution in [-0.4, -0.2) is 0 Å². The first kappa shape index (κ1) is 4.38. The lowest BCUT2D eigenvalue weighted by Crippen LogP contribution is -1.94. The SMILES string of the molecule is N#CC1([C]2CC2)CC1. The number of nitriles is 1. The van der Waals surface area contributed by atoms with Crippen molar-refractivity contribution in [3.63, 3.8) is 0 Å². The summed E-state index contributed by atoms with van der Waals surface area (Å²) in [7, 11) is 0. The van der Waals surface area contributed by atoms with Crippen molar-refractivity contribution in [3.8, 4) is 6.07 Å². The Hall–Kier alpha value is -0.510. The predicted octanol–water partition coefficient (Wildman–Crippen LogP) is 1.66. The van der Waals surface area contributed by atoms with Gasteiger partial charge in [0.1, 0.15) is 0 Å². The maximum Gasteiger partial charge on any atom is 0.0695 e. The summed E-state index contributed by atoms with van der Waals surface area (Å²) < 4.78 is 0. The van der Waals surface area contributed by atoms with Gasteiger partial charge < -0.3 is 0 Å². The normalized spacial score (nSPS) is 31.4. The third-order valence-electron chi connectivity index (χ3n) is 2.14. The third kappa shape index (κ3) is 0.407. The van der Waals surface area contributed by atoms with Gasteiger partial charge in [-0.05, 0) is 31.6 Å². The molecule has 0 aromatic carbocycles. The summed E-state index contributed by atoms with van der Waals surface area (Å²) in [6.45, 7) is 0. The molecule has 0 unspecified atom stereocenters. The molecule has 0 amide bonds. The van der Waals surface area contributed by atoms with E-state index >= 15 is 0 Å². The average molecular weight is 106 g/mol. The zero-order chi connectivity index (χ0) is 5.61. The molecule has 0 aromatic rings. The molecule has 2 saturated carbocycles. The molecule has 2 rings (SSSR count). The maximum absolute atomic E-state index is 8.60. The van der Waals surface area contributed by atoms with E-state index in [-0.39, 0.29) is 5.41 Å². The van der Waals surface area contributed by atoms with Crippen molar-refractivity contribution in [1.29, 1.82) is 5.26 Å². The molecule has 41 valence electrons. The van der Waals surface area contributed by atoms with Gasteiger partial charge in [0, 0.05) is 0 Å². The second-order valence-corrected chi connectivity index (χ2v) is 2.80. The Morgan fingerprint density at radius 2 is 2.00 bits per heavy atom. The van der Waals surface area contributed by atoms with Crippen LogP contribution < -0.4 is 0 Å². The van der Waals surface area contributed by atoms with E-state index in [0.29, 0.717) is 0 Å². The highest BCUT2D eigenvalue weighted by Gasteiger charge is 2.54. The smallest absolute Gasteiger partial charge is 0.0695 e. The van der Waals surface area contributed by atoms with Crippen molar-refractivity contribution in [2.24, 2.45) is 5.41 Å². The van der Waals surface area contributed by atoms with Crippen LogP contribution >= 0.6 is 0 Å². The van der Waals surface area contributed by atoms with Crippen LogP contribution in [0, 0.1) is 22.7 Å². The van der Waals surface area contributed by atoms with Crippen molar-refractivity contribution in [3.05, 3.63) is 5.92 Å². The summed E-state index contributed by atoms with van der Waals surface area (Å²) in [5, 5.41) is 8.60. The van der Waals surface area contributed by atoms with E-state index in [4.69, 9.17) is 5.26 Å². The van der Waals surface area contributed by atoms with Gasteiger partial charge in [-0.15, -0.1) is 0 Å². The highest BCUT2D eigenvalue weighted by molar-refractivity contribution is 5.32. The van der Waals surface area contributed by atoms with E-state index in [1.807, 2.05) is 0 Å². The van der Waals surface area contributed by atoms with E-state index in [0.717, 1.165) is 12.8 Å². The third-order valence-corrected chi connectivity index (χ3v) is 2.14. The van der Waals surface area contributed by atoms with Gasteiger partial charge in [-0.2, -0.15) is 5.26 Å². The Morgan fingerprint density at radius 1 is 1.38 bits per heavy atom. The van der Waals surface area contributed by atoms with Gasteiger partial charge in [0.05, 0.1) is 11.5 Å². The van der Waals surface area contributed by atoms with Crippen LogP contribution in [0.4, 0.5) is 0 Å². The van der Waals surface area contributed by atoms with Gasteiger partial charge in [0.2, 0.25) is 0 Å². The fourth-order valence-electron chi connectivity index (χ4n) is 1.21. The number of nitrogens with zero attached hydrogens (tertiary/aromatic N) is 1. The van der Waals surface area contributed by atoms with Gasteiger partial charge >= 0.3 is 0 Å². The second-order valence-electron chi connectivity index (χ2n) is 2.80. The molecule has 0 heterocycles. The lowest BCUT2D eigenvalue weighted by Gasteiger charge is -1.95. The molecule has 0 aromatic heterocycles. The van der Waals surface area contributed by atoms with Gasteiger partial charge in [-0.1, -0.05) is 0 Å². The predicted molar refractivity (Wildman–Crippen MR) is 29.8 cm³/mol. The maximum atomic E-state index is 8.60. The van der Waals surface area contributed by atoms with Crippen molar-refractivity contribution in [2.45, 2.75) is 25.7 Å². The highest BCUT2D eigenvalue weighted by Crippen LogP contribution is 2.62. The second kappa shape index (κ2) is 1.07. The Kier molecular flexibility index (Phi) is 0.588. The Morgan fingerprint density at radius 3 is 2.12 bits per heavy atom. The van der Waals surface area contributed by atoms with E-state index in [9.17, 15) is 0 Å². The average Bonchev–Trinajstić information content (AvgIpc) is 2.63. The van der Waals surface area contributed by atoms with Crippen LogP contribution in [-0.2, 0) is 0 Å². The monoisotopic (exact) mass is 106 g/mol. The molecule has 1 radical (unpaired) electrons. The van der Waals surface area contributed by atoms with Crippen molar-refractivity contribution < 1.29 is 0 Å². The minimum absolute atomic E-state index is 0.125. The zero-order valence-electron chi connectivity index (χ0n) is 4.78. The molecule has 2 aliphatic carbocycles. The topological polar surface area (TPSA) is 23.8 Å². The minimum Gasteiger partial charge on any atom is -0.198 e. The zero-order valence-corrected chi connectivity index (χ0v) is 4.78. The first-order valence-electron chi connectivity index (χ1n) is 3.14. The highest BCUT2D eigenvalue weighted by atomic mass is 14.6. The summed E-state index contributed by atoms with van der Waals surface area (Å²) in [4.78, 5) is 0. The number of hydrogen-bond donors (Lipinski definition) is 0. The molecule has 0 bridgehead atoms. The lowest BCUT2D eigenvalue weighted by atomic mass is 10.0. The summed E-state index contributed by atoms with van der Waals surface area (Å²) in [6, 6.07) is 2.38. The molecule has 0 saturated heterocycles. The molecule has 8 heavy (non-hydrogen) atoms. The summed E-state index contributed by atoms with van der Waals surface area (Å²) in [5.41, 5.74) is 0.125. The largest absolute Gasteiger partial charge is 0.198 e. The molecule has 0 N–H and O–H groups in total. The van der Waals surface area contributed by atoms with Crippen molar-refractivity contribution in [2.75, 3.05) is 0 Å². The molecule has 1 heteroatoms. The fourth-order valence-corrected chi connectivity index (χ4v) is 1.21. The minimum atomic E-state index is 0.125. The van der Waals surface area contributed by atoms with E-state index in [1.54, 1.807) is 0 Å². The Bertz CT molecular complexity index is 146. The van der Waals surface area contributed by atoms with Gasteiger partial charge in [-0.25, -0.2) is 0 Å². The Labute approximate surface area is 49.3 Å². The first-order valence-corrected chi connectivity index (χ1v) is 3.14. The molecular weight excluding hydrogens is 98.1 g/mol. The molecular formula is C7H8N. The van der Waals surface area contributed by atoms with Crippen LogP contribution in [0.5, 0.6) is 0 Å². The van der Waals surface area contributed by atoms with Crippen LogP contribution in [0.1, 0.15) is 25.7 Å². The lowest BCUT2D eigenvalue weighted by molar-refractivity contribution is 0.769. The molecule has 0 aliphatic heterocycles. The van der Waals surface area contributed by atoms with Crippen molar-refractivity contribution >= 4 is 0 Å². The van der Waals surface area contributed by atoms with Crippen molar-refractivity contribution in [1.82, 2.24) is 0 Å². The molecule has 2 fully saturated rings. The molecule has 2 aliphatic rings. The van der Waals surface area contributed by atoms with Crippen LogP contribution in [0.2, 0.25) is 0 Å². The standard InChI is InChI=1S/C7H8N/c8-5-7(3-4-7)6-1-2-6/h1-4H2. The summed E-state index contributed by atoms with van der Waals surface area (Å²) >= 11 is 0. The fraction of sp³-hybridized carbons (Fsp3) is 0.714. The molecule has 0 spiro atoms. The Balaban J connectivity index is 2.12. The van der Waals surface area contributed by atoms with E-state index in [1.165, 1.54) is 18.8 Å². The van der Waals surface area contributed by atoms with Crippen LogP contribution in [0.3, 0.4) is 0 Å². The van der Waals surface area contributed by atoms with E-state index < -0.39 is 0 Å². The molecule has 0 atom stereocenters. The van der Waals surface area contributed by atoms with Gasteiger partial charge in [0.25, 0.3) is 0 Å². The van der Waals surface area contributed by atoms with Crippen LogP contribution in [0.25, 0.3) is 0 Å². The van der Waals surface area contributed by atoms with Gasteiger partial charge in [-0.3, -0.25) is 0 Å². The van der Waals surface area contributed by atoms with Gasteiger partial charge in [0.15, 0.2) is 0 Å². The number of hydrogen-bond acceptors (Lipinski definition) is 1. The number of rotatable bonds is 1.